The minimum atomic E-state index is -4.73. The fraction of sp³-hybridized carbons (Fsp3) is 0.200. The number of hydrogen-bond donors (Lipinski definition) is 3. The van der Waals surface area contributed by atoms with Crippen LogP contribution in [0.1, 0.15) is 27.6 Å². The number of phenols is 1. The predicted molar refractivity (Wildman–Crippen MR) is 68.0 cm³/mol. The van der Waals surface area contributed by atoms with Crippen molar-refractivity contribution in [2.24, 2.45) is 0 Å². The molecule has 0 saturated carbocycles. The molecule has 0 aliphatic carbocycles. The van der Waals surface area contributed by atoms with Crippen LogP contribution in [-0.2, 0) is 14.9 Å². The van der Waals surface area contributed by atoms with Gasteiger partial charge >= 0.3 is 41.5 Å². The number of hydrogen-bond acceptors (Lipinski definition) is 6. The molecular formula is C10H11NaO8S. The van der Waals surface area contributed by atoms with Gasteiger partial charge in [-0.2, -0.15) is 8.42 Å². The summed E-state index contributed by atoms with van der Waals surface area (Å²) in [6, 6.07) is 1.17. The summed E-state index contributed by atoms with van der Waals surface area (Å²) in [5.74, 6) is -3.69. The Hall–Kier alpha value is -1.13. The average Bonchev–Trinajstić information content (AvgIpc) is 2.27. The van der Waals surface area contributed by atoms with E-state index in [0.717, 1.165) is 0 Å². The van der Waals surface area contributed by atoms with Crippen LogP contribution in [0.15, 0.2) is 17.0 Å². The number of benzene rings is 1. The minimum absolute atomic E-state index is 0. The fourth-order valence-corrected chi connectivity index (χ4v) is 1.82. The van der Waals surface area contributed by atoms with Crippen LogP contribution >= 0.6 is 0 Å². The van der Waals surface area contributed by atoms with Crippen LogP contribution in [0.3, 0.4) is 0 Å². The molecule has 0 saturated heterocycles. The third kappa shape index (κ3) is 4.18. The molecule has 106 valence electrons. The van der Waals surface area contributed by atoms with E-state index in [0.29, 0.717) is 12.1 Å². The van der Waals surface area contributed by atoms with Gasteiger partial charge in [0, 0.05) is 0 Å². The number of carboxylic acids is 1. The number of aromatic hydroxyl groups is 1. The maximum absolute atomic E-state index is 11.5. The number of aromatic carboxylic acids is 1. The molecule has 0 bridgehead atoms. The van der Waals surface area contributed by atoms with Gasteiger partial charge in [0.05, 0.1) is 11.5 Å². The Kier molecular flexibility index (Phi) is 6.65. The molecule has 0 atom stereocenters. The molecule has 1 rings (SSSR count). The van der Waals surface area contributed by atoms with E-state index >= 15 is 0 Å². The van der Waals surface area contributed by atoms with Crippen LogP contribution in [0.25, 0.3) is 0 Å². The van der Waals surface area contributed by atoms with Gasteiger partial charge in [-0.25, -0.2) is 9.59 Å². The van der Waals surface area contributed by atoms with Crippen molar-refractivity contribution < 1.29 is 37.5 Å². The van der Waals surface area contributed by atoms with Crippen molar-refractivity contribution in [2.45, 2.75) is 11.8 Å². The monoisotopic (exact) mass is 314 g/mol. The van der Waals surface area contributed by atoms with Crippen molar-refractivity contribution in [3.8, 4) is 5.75 Å². The van der Waals surface area contributed by atoms with E-state index in [-0.39, 0.29) is 36.2 Å². The van der Waals surface area contributed by atoms with Gasteiger partial charge in [0.1, 0.15) is 16.9 Å². The zero-order valence-corrected chi connectivity index (χ0v) is 10.5. The Morgan fingerprint density at radius 3 is 2.15 bits per heavy atom. The van der Waals surface area contributed by atoms with Crippen molar-refractivity contribution >= 4 is 51.6 Å². The third-order valence-corrected chi connectivity index (χ3v) is 2.94. The van der Waals surface area contributed by atoms with Gasteiger partial charge in [-0.3, -0.25) is 4.55 Å². The van der Waals surface area contributed by atoms with E-state index < -0.39 is 43.8 Å². The number of carboxylic acid groups (broad SMARTS) is 1. The van der Waals surface area contributed by atoms with Crippen LogP contribution in [0.2, 0.25) is 0 Å². The Bertz CT molecular complexity index is 637. The van der Waals surface area contributed by atoms with Crippen LogP contribution in [0, 0.1) is 0 Å². The molecule has 0 heterocycles. The first kappa shape index (κ1) is 18.9. The molecule has 0 fully saturated rings. The van der Waals surface area contributed by atoms with Crippen LogP contribution in [-0.4, -0.2) is 71.3 Å². The zero-order chi connectivity index (χ0) is 14.8. The Morgan fingerprint density at radius 2 is 1.75 bits per heavy atom. The van der Waals surface area contributed by atoms with Crippen LogP contribution < -0.4 is 0 Å². The summed E-state index contributed by atoms with van der Waals surface area (Å²) in [6.07, 6.45) is 0. The van der Waals surface area contributed by atoms with Crippen molar-refractivity contribution in [1.29, 1.82) is 0 Å². The van der Waals surface area contributed by atoms with Gasteiger partial charge in [0.25, 0.3) is 10.1 Å². The summed E-state index contributed by atoms with van der Waals surface area (Å²) in [4.78, 5) is 21.5. The van der Waals surface area contributed by atoms with Gasteiger partial charge < -0.3 is 14.9 Å². The SMILES string of the molecule is CCOC(=O)c1cc(S(=O)(=O)O)cc(C(=O)O)c1O.[NaH]. The van der Waals surface area contributed by atoms with Gasteiger partial charge in [-0.15, -0.1) is 0 Å². The number of carbonyl (C=O) groups excluding carboxylic acids is 1. The van der Waals surface area contributed by atoms with Gasteiger partial charge in [0.15, 0.2) is 0 Å². The van der Waals surface area contributed by atoms with Crippen LogP contribution in [0.4, 0.5) is 0 Å². The van der Waals surface area contributed by atoms with E-state index in [2.05, 4.69) is 4.74 Å². The summed E-state index contributed by atoms with van der Waals surface area (Å²) < 4.78 is 35.4. The second kappa shape index (κ2) is 7.04. The van der Waals surface area contributed by atoms with E-state index in [1.165, 1.54) is 6.92 Å². The van der Waals surface area contributed by atoms with Gasteiger partial charge in [-0.1, -0.05) is 0 Å². The molecule has 0 aliphatic rings. The topological polar surface area (TPSA) is 138 Å². The molecule has 0 amide bonds. The first-order valence-electron chi connectivity index (χ1n) is 4.93. The number of carbonyl (C=O) groups is 2. The van der Waals surface area contributed by atoms with Gasteiger partial charge in [0.2, 0.25) is 0 Å². The van der Waals surface area contributed by atoms with E-state index in [1.54, 1.807) is 0 Å². The number of ether oxygens (including phenoxy) is 1. The standard InChI is InChI=1S/C10H10O8S.Na.H/c1-2-18-10(14)7-4-5(19(15,16)17)3-6(8(7)11)9(12)13;;/h3-4,11H,2H2,1H3,(H,12,13)(H,15,16,17);;. The molecule has 0 spiro atoms. The Balaban J connectivity index is 0.00000361. The Morgan fingerprint density at radius 1 is 1.25 bits per heavy atom. The normalized spacial score (nSPS) is 10.5. The van der Waals surface area contributed by atoms with Crippen LogP contribution in [0.5, 0.6) is 5.75 Å². The third-order valence-electron chi connectivity index (χ3n) is 2.11. The summed E-state index contributed by atoms with van der Waals surface area (Å²) in [6.45, 7) is 1.41. The molecule has 3 N–H and O–H groups in total. The molecule has 0 radical (unpaired) electrons. The van der Waals surface area contributed by atoms with Gasteiger partial charge in [-0.05, 0) is 19.1 Å². The molecule has 0 aliphatic heterocycles. The molecule has 1 aromatic rings. The molecule has 20 heavy (non-hydrogen) atoms. The average molecular weight is 314 g/mol. The van der Waals surface area contributed by atoms with Crippen molar-refractivity contribution in [2.75, 3.05) is 6.61 Å². The molecule has 1 aromatic carbocycles. The summed E-state index contributed by atoms with van der Waals surface area (Å²) in [5.41, 5.74) is -1.49. The zero-order valence-electron chi connectivity index (χ0n) is 9.65. The molecular weight excluding hydrogens is 303 g/mol. The maximum atomic E-state index is 11.5. The quantitative estimate of drug-likeness (QED) is 0.397. The second-order valence-corrected chi connectivity index (χ2v) is 4.79. The van der Waals surface area contributed by atoms with Crippen molar-refractivity contribution in [1.82, 2.24) is 0 Å². The second-order valence-electron chi connectivity index (χ2n) is 3.37. The molecule has 0 unspecified atom stereocenters. The molecule has 0 aromatic heterocycles. The summed E-state index contributed by atoms with van der Waals surface area (Å²) in [7, 11) is -4.73. The van der Waals surface area contributed by atoms with E-state index in [1.807, 2.05) is 0 Å². The Labute approximate surface area is 136 Å². The van der Waals surface area contributed by atoms with E-state index in [4.69, 9.17) is 9.66 Å². The molecule has 8 nitrogen and oxygen atoms in total. The first-order valence-corrected chi connectivity index (χ1v) is 6.37. The number of rotatable bonds is 4. The fourth-order valence-electron chi connectivity index (χ4n) is 1.28. The van der Waals surface area contributed by atoms with Crippen molar-refractivity contribution in [3.05, 3.63) is 23.3 Å². The van der Waals surface area contributed by atoms with E-state index in [9.17, 15) is 23.1 Å². The summed E-state index contributed by atoms with van der Waals surface area (Å²) in [5, 5.41) is 18.4. The summed E-state index contributed by atoms with van der Waals surface area (Å²) >= 11 is 0. The predicted octanol–water partition coefficient (Wildman–Crippen LogP) is -0.135. The van der Waals surface area contributed by atoms with Crippen molar-refractivity contribution in [3.63, 3.8) is 0 Å². The first-order chi connectivity index (χ1) is 8.68. The number of esters is 1. The molecule has 10 heteroatoms.